The lowest BCUT2D eigenvalue weighted by atomic mass is 10.9. The van der Waals surface area contributed by atoms with E-state index >= 15 is 0 Å². The summed E-state index contributed by atoms with van der Waals surface area (Å²) in [5.41, 5.74) is 0. The van der Waals surface area contributed by atoms with Gasteiger partial charge in [-0.05, 0) is 29.3 Å². The molecule has 4 heteroatoms. The molecule has 0 saturated heterocycles. The van der Waals surface area contributed by atoms with Crippen LogP contribution in [0, 0.1) is 0 Å². The van der Waals surface area contributed by atoms with E-state index < -0.39 is 8.29 Å². The van der Waals surface area contributed by atoms with Crippen molar-refractivity contribution >= 4 is 30.7 Å². The van der Waals surface area contributed by atoms with Crippen LogP contribution >= 0.6 is 0 Å². The summed E-state index contributed by atoms with van der Waals surface area (Å²) in [5.74, 6) is 0. The van der Waals surface area contributed by atoms with Crippen molar-refractivity contribution in [3.05, 3.63) is 0 Å². The molecule has 0 heterocycles. The highest BCUT2D eigenvalue weighted by molar-refractivity contribution is 8.44. The van der Waals surface area contributed by atoms with Gasteiger partial charge in [0.1, 0.15) is 0 Å². The molecule has 0 bridgehead atoms. The summed E-state index contributed by atoms with van der Waals surface area (Å²) in [6, 6.07) is 0. The van der Waals surface area contributed by atoms with Crippen LogP contribution in [0.3, 0.4) is 0 Å². The minimum absolute atomic E-state index is 0.651. The lowest BCUT2D eigenvalue weighted by Gasteiger charge is -1.83. The van der Waals surface area contributed by atoms with Crippen molar-refractivity contribution < 1.29 is 4.18 Å². The van der Waals surface area contributed by atoms with E-state index in [2.05, 4.69) is 22.4 Å². The average Bonchev–Trinajstić information content (AvgIpc) is 1.35. The minimum Gasteiger partial charge on any atom is -0.313 e. The zero-order valence-electron chi connectivity index (χ0n) is 3.38. The van der Waals surface area contributed by atoms with Gasteiger partial charge < -0.3 is 4.18 Å². The van der Waals surface area contributed by atoms with Crippen molar-refractivity contribution in [3.63, 3.8) is 0 Å². The molecule has 0 aromatic heterocycles. The molecule has 0 aliphatic rings. The van der Waals surface area contributed by atoms with Gasteiger partial charge in [-0.25, -0.2) is 0 Å². The summed E-state index contributed by atoms with van der Waals surface area (Å²) in [6.07, 6.45) is 0. The smallest absolute Gasteiger partial charge is 0.0588 e. The second kappa shape index (κ2) is 3.92. The topological polar surface area (TPSA) is 9.23 Å². The Bertz CT molecular complexity index is 76.8. The van der Waals surface area contributed by atoms with Crippen LogP contribution in [0.4, 0.5) is 0 Å². The van der Waals surface area contributed by atoms with Crippen LogP contribution in [-0.2, 0) is 34.9 Å². The first-order valence-electron chi connectivity index (χ1n) is 1.54. The number of rotatable bonds is 2. The van der Waals surface area contributed by atoms with Crippen LogP contribution in [0.5, 0.6) is 0 Å². The highest BCUT2D eigenvalue weighted by Gasteiger charge is 1.65. The maximum Gasteiger partial charge on any atom is 0.0588 e. The summed E-state index contributed by atoms with van der Waals surface area (Å²) in [6.45, 7) is 2.53. The third kappa shape index (κ3) is 4.75. The highest BCUT2D eigenvalue weighted by Crippen LogP contribution is 1.68. The Morgan fingerprint density at radius 3 is 2.17 bits per heavy atom. The van der Waals surface area contributed by atoms with E-state index in [4.69, 9.17) is 4.18 Å². The fourth-order valence-corrected chi connectivity index (χ4v) is 0.949. The number of hydrogen-bond acceptors (Lipinski definition) is 3. The van der Waals surface area contributed by atoms with E-state index in [0.717, 1.165) is 0 Å². The summed E-state index contributed by atoms with van der Waals surface area (Å²) >= 11 is 9.07. The quantitative estimate of drug-likeness (QED) is 0.552. The van der Waals surface area contributed by atoms with Crippen molar-refractivity contribution in [2.75, 3.05) is 6.61 Å². The molecular formula is C2H6OS3. The highest BCUT2D eigenvalue weighted by atomic mass is 33.1. The number of thiol groups is 1. The summed E-state index contributed by atoms with van der Waals surface area (Å²) in [5, 5.41) is 0. The Labute approximate surface area is 48.7 Å². The molecular weight excluding hydrogens is 136 g/mol. The molecule has 0 unspecified atom stereocenters. The van der Waals surface area contributed by atoms with Crippen molar-refractivity contribution in [2.24, 2.45) is 0 Å². The van der Waals surface area contributed by atoms with E-state index in [-0.39, 0.29) is 0 Å². The van der Waals surface area contributed by atoms with Gasteiger partial charge in [0.2, 0.25) is 0 Å². The van der Waals surface area contributed by atoms with E-state index in [9.17, 15) is 0 Å². The first-order valence-corrected chi connectivity index (χ1v) is 4.83. The van der Waals surface area contributed by atoms with E-state index in [0.29, 0.717) is 6.61 Å². The van der Waals surface area contributed by atoms with Crippen LogP contribution in [-0.4, -0.2) is 6.61 Å². The first-order chi connectivity index (χ1) is 2.77. The monoisotopic (exact) mass is 142 g/mol. The summed E-state index contributed by atoms with van der Waals surface area (Å²) in [7, 11) is -0.934. The van der Waals surface area contributed by atoms with E-state index in [1.165, 1.54) is 0 Å². The van der Waals surface area contributed by atoms with Gasteiger partial charge in [-0.3, -0.25) is 0 Å². The molecule has 0 saturated carbocycles. The predicted octanol–water partition coefficient (Wildman–Crippen LogP) is 0.212. The van der Waals surface area contributed by atoms with Crippen LogP contribution < -0.4 is 0 Å². The van der Waals surface area contributed by atoms with E-state index in [1.807, 2.05) is 6.92 Å². The molecule has 0 spiro atoms. The molecule has 0 aliphatic heterocycles. The number of hydrogen-bond donors (Lipinski definition) is 1. The van der Waals surface area contributed by atoms with Gasteiger partial charge in [0.05, 0.1) is 6.61 Å². The van der Waals surface area contributed by atoms with Gasteiger partial charge in [0, 0.05) is 8.29 Å². The molecule has 0 aromatic carbocycles. The Morgan fingerprint density at radius 1 is 1.67 bits per heavy atom. The van der Waals surface area contributed by atoms with Crippen LogP contribution in [0.15, 0.2) is 0 Å². The van der Waals surface area contributed by atoms with E-state index in [1.54, 1.807) is 0 Å². The van der Waals surface area contributed by atoms with Crippen molar-refractivity contribution in [1.82, 2.24) is 0 Å². The second-order valence-corrected chi connectivity index (χ2v) is 4.03. The van der Waals surface area contributed by atoms with Gasteiger partial charge in [-0.2, -0.15) is 0 Å². The maximum atomic E-state index is 4.74. The van der Waals surface area contributed by atoms with Gasteiger partial charge in [0.15, 0.2) is 0 Å². The van der Waals surface area contributed by atoms with Gasteiger partial charge in [-0.1, -0.05) is 0 Å². The molecule has 1 nitrogen and oxygen atoms in total. The largest absolute Gasteiger partial charge is 0.313 e. The van der Waals surface area contributed by atoms with Crippen LogP contribution in [0.1, 0.15) is 6.92 Å². The van der Waals surface area contributed by atoms with Gasteiger partial charge in [0.25, 0.3) is 0 Å². The lowest BCUT2D eigenvalue weighted by molar-refractivity contribution is 0.405. The zero-order valence-corrected chi connectivity index (χ0v) is 5.91. The second-order valence-electron chi connectivity index (χ2n) is 0.641. The fraction of sp³-hybridized carbons (Fsp3) is 1.00. The molecule has 0 fully saturated rings. The summed E-state index contributed by atoms with van der Waals surface area (Å²) in [4.78, 5) is 0. The molecule has 0 aliphatic carbocycles. The van der Waals surface area contributed by atoms with Crippen molar-refractivity contribution in [2.45, 2.75) is 6.92 Å². The molecule has 0 radical (unpaired) electrons. The standard InChI is InChI=1S/C2H6OS3/c1-2-3-6(4)5/h6H,2H2,1H3. The first kappa shape index (κ1) is 6.75. The third-order valence-electron chi connectivity index (χ3n) is 0.235. The molecule has 0 aromatic rings. The summed E-state index contributed by atoms with van der Waals surface area (Å²) < 4.78 is 4.74. The average molecular weight is 142 g/mol. The molecule has 38 valence electrons. The minimum atomic E-state index is -0.934. The SMILES string of the molecule is CCO[SH](=S)=S. The predicted molar refractivity (Wildman–Crippen MR) is 35.1 cm³/mol. The van der Waals surface area contributed by atoms with Gasteiger partial charge in [-0.15, -0.1) is 0 Å². The Kier molecular flexibility index (Phi) is 4.41. The van der Waals surface area contributed by atoms with Gasteiger partial charge >= 0.3 is 0 Å². The third-order valence-corrected chi connectivity index (χ3v) is 1.34. The van der Waals surface area contributed by atoms with Crippen molar-refractivity contribution in [3.8, 4) is 0 Å². The Balaban J connectivity index is 3.07. The zero-order chi connectivity index (χ0) is 4.99. The normalized spacial score (nSPS) is 9.67. The molecule has 0 N–H and O–H groups in total. The Hall–Kier alpha value is 0.750. The van der Waals surface area contributed by atoms with Crippen LogP contribution in [0.25, 0.3) is 0 Å². The lowest BCUT2D eigenvalue weighted by Crippen LogP contribution is -1.80. The molecule has 0 atom stereocenters. The Morgan fingerprint density at radius 2 is 2.17 bits per heavy atom. The maximum absolute atomic E-state index is 4.74. The van der Waals surface area contributed by atoms with Crippen LogP contribution in [0.2, 0.25) is 0 Å². The molecule has 0 amide bonds. The fourth-order valence-electron chi connectivity index (χ4n) is 0.105. The molecule has 0 rings (SSSR count). The molecule has 6 heavy (non-hydrogen) atoms. The van der Waals surface area contributed by atoms with Crippen molar-refractivity contribution in [1.29, 1.82) is 0 Å².